The van der Waals surface area contributed by atoms with E-state index in [0.717, 1.165) is 16.0 Å². The maximum absolute atomic E-state index is 4.03. The first-order valence-electron chi connectivity index (χ1n) is 7.73. The number of hydrogen-bond acceptors (Lipinski definition) is 1. The number of benzene rings is 1. The molecule has 1 rings (SSSR count). The van der Waals surface area contributed by atoms with E-state index in [-0.39, 0.29) is 0 Å². The van der Waals surface area contributed by atoms with Crippen molar-refractivity contribution in [3.8, 4) is 0 Å². The summed E-state index contributed by atoms with van der Waals surface area (Å²) in [5.74, 6) is 0. The topological polar surface area (TPSA) is 3.24 Å². The fraction of sp³-hybridized carbons (Fsp3) is 0.182. The van der Waals surface area contributed by atoms with Crippen LogP contribution in [-0.4, -0.2) is 19.0 Å². The third-order valence-electron chi connectivity index (χ3n) is 3.58. The van der Waals surface area contributed by atoms with E-state index in [2.05, 4.69) is 74.4 Å². The Hall–Kier alpha value is -2.54. The third kappa shape index (κ3) is 6.84. The van der Waals surface area contributed by atoms with Gasteiger partial charge in [-0.25, -0.2) is 0 Å². The van der Waals surface area contributed by atoms with Gasteiger partial charge in [0, 0.05) is 19.8 Å². The molecule has 0 fully saturated rings. The molecule has 1 aromatic carbocycles. The van der Waals surface area contributed by atoms with Gasteiger partial charge in [0.2, 0.25) is 0 Å². The summed E-state index contributed by atoms with van der Waals surface area (Å²) in [6, 6.07) is 8.11. The van der Waals surface area contributed by atoms with Crippen molar-refractivity contribution in [3.05, 3.63) is 94.6 Å². The highest BCUT2D eigenvalue weighted by Gasteiger charge is 1.89. The molecule has 120 valence electrons. The monoisotopic (exact) mass is 305 g/mol. The molecule has 0 N–H and O–H groups in total. The zero-order valence-electron chi connectivity index (χ0n) is 14.7. The van der Waals surface area contributed by atoms with Gasteiger partial charge in [0.1, 0.15) is 0 Å². The Labute approximate surface area is 140 Å². The smallest absolute Gasteiger partial charge is 0.00960 e. The molecule has 0 heterocycles. The Balaban J connectivity index is 2.92. The number of nitrogens with zero attached hydrogens (tertiary/aromatic N) is 1. The van der Waals surface area contributed by atoms with Gasteiger partial charge >= 0.3 is 0 Å². The van der Waals surface area contributed by atoms with Crippen LogP contribution in [0.3, 0.4) is 0 Å². The maximum atomic E-state index is 4.03. The van der Waals surface area contributed by atoms with Crippen molar-refractivity contribution < 1.29 is 0 Å². The lowest BCUT2D eigenvalue weighted by molar-refractivity contribution is 0.514. The van der Waals surface area contributed by atoms with Gasteiger partial charge in [0.15, 0.2) is 0 Å². The zero-order chi connectivity index (χ0) is 17.2. The van der Waals surface area contributed by atoms with Crippen LogP contribution in [0.25, 0.3) is 12.7 Å². The molecule has 0 aromatic heterocycles. The van der Waals surface area contributed by atoms with E-state index in [4.69, 9.17) is 0 Å². The van der Waals surface area contributed by atoms with Crippen molar-refractivity contribution in [2.45, 2.75) is 13.8 Å². The standard InChI is InChI=1S/C22H27N/c1-7-21(16-14-20(4)23(5)6)15-12-18(2)13-17-22-11-9-8-10-19(22)3/h7-17H,1,3H2,2,4-6H3/b15-12+,18-13+,20-14+,21-16+,22-17-. The summed E-state index contributed by atoms with van der Waals surface area (Å²) in [4.78, 5) is 2.08. The van der Waals surface area contributed by atoms with Crippen molar-refractivity contribution in [2.24, 2.45) is 0 Å². The average Bonchev–Trinajstić information content (AvgIpc) is 2.53. The molecule has 1 nitrogen and oxygen atoms in total. The van der Waals surface area contributed by atoms with Crippen LogP contribution in [0.1, 0.15) is 13.8 Å². The molecule has 1 aromatic rings. The SMILES string of the molecule is C=CC(/C=C/C(C)=C/C=c1/ccccc1=C)=C\C=C(/C)N(C)C. The Morgan fingerprint density at radius 2 is 1.70 bits per heavy atom. The van der Waals surface area contributed by atoms with Crippen LogP contribution in [0.2, 0.25) is 0 Å². The summed E-state index contributed by atoms with van der Waals surface area (Å²) in [7, 11) is 4.07. The Morgan fingerprint density at radius 3 is 2.30 bits per heavy atom. The number of hydrogen-bond donors (Lipinski definition) is 0. The molecule has 1 heteroatoms. The fourth-order valence-corrected chi connectivity index (χ4v) is 1.76. The summed E-state index contributed by atoms with van der Waals surface area (Å²) < 4.78 is 0. The van der Waals surface area contributed by atoms with Crippen LogP contribution in [-0.2, 0) is 0 Å². The van der Waals surface area contributed by atoms with Crippen molar-refractivity contribution in [2.75, 3.05) is 14.1 Å². The summed E-state index contributed by atoms with van der Waals surface area (Å²) >= 11 is 0. The van der Waals surface area contributed by atoms with Gasteiger partial charge in [-0.3, -0.25) is 0 Å². The third-order valence-corrected chi connectivity index (χ3v) is 3.58. The van der Waals surface area contributed by atoms with E-state index < -0.39 is 0 Å². The lowest BCUT2D eigenvalue weighted by Gasteiger charge is -2.11. The summed E-state index contributed by atoms with van der Waals surface area (Å²) in [6.07, 6.45) is 14.4. The fourth-order valence-electron chi connectivity index (χ4n) is 1.76. The first kappa shape index (κ1) is 18.5. The van der Waals surface area contributed by atoms with Crippen LogP contribution in [0.5, 0.6) is 0 Å². The highest BCUT2D eigenvalue weighted by molar-refractivity contribution is 5.44. The first-order chi connectivity index (χ1) is 10.9. The molecule has 0 aliphatic carbocycles. The molecular formula is C22H27N. The van der Waals surface area contributed by atoms with Crippen molar-refractivity contribution >= 4 is 12.7 Å². The van der Waals surface area contributed by atoms with E-state index in [9.17, 15) is 0 Å². The lowest BCUT2D eigenvalue weighted by atomic mass is 10.1. The van der Waals surface area contributed by atoms with Gasteiger partial charge in [0.25, 0.3) is 0 Å². The van der Waals surface area contributed by atoms with E-state index in [1.165, 1.54) is 11.3 Å². The Kier molecular flexibility index (Phi) is 7.62. The predicted molar refractivity (Wildman–Crippen MR) is 104 cm³/mol. The van der Waals surface area contributed by atoms with Crippen molar-refractivity contribution in [1.82, 2.24) is 4.90 Å². The van der Waals surface area contributed by atoms with E-state index >= 15 is 0 Å². The summed E-state index contributed by atoms with van der Waals surface area (Å²) in [5.41, 5.74) is 3.45. The molecule has 0 spiro atoms. The second kappa shape index (κ2) is 9.47. The van der Waals surface area contributed by atoms with Crippen LogP contribution in [0.4, 0.5) is 0 Å². The molecule has 0 saturated carbocycles. The van der Waals surface area contributed by atoms with Crippen LogP contribution in [0, 0.1) is 0 Å². The maximum Gasteiger partial charge on any atom is 0.00960 e. The molecule has 0 bridgehead atoms. The van der Waals surface area contributed by atoms with Crippen molar-refractivity contribution in [3.63, 3.8) is 0 Å². The second-order valence-electron chi connectivity index (χ2n) is 5.68. The van der Waals surface area contributed by atoms with Gasteiger partial charge in [-0.2, -0.15) is 0 Å². The average molecular weight is 305 g/mol. The first-order valence-corrected chi connectivity index (χ1v) is 7.73. The minimum atomic E-state index is 1.04. The van der Waals surface area contributed by atoms with Crippen molar-refractivity contribution in [1.29, 1.82) is 0 Å². The molecule has 0 atom stereocenters. The minimum Gasteiger partial charge on any atom is -0.381 e. The zero-order valence-corrected chi connectivity index (χ0v) is 14.7. The van der Waals surface area contributed by atoms with Crippen LogP contribution < -0.4 is 10.4 Å². The molecule has 0 unspecified atom stereocenters. The summed E-state index contributed by atoms with van der Waals surface area (Å²) in [6.45, 7) is 12.1. The molecule has 0 aliphatic rings. The predicted octanol–water partition coefficient (Wildman–Crippen LogP) is 3.96. The number of rotatable bonds is 6. The van der Waals surface area contributed by atoms with Gasteiger partial charge in [-0.15, -0.1) is 0 Å². The van der Waals surface area contributed by atoms with Gasteiger partial charge in [0.05, 0.1) is 0 Å². The highest BCUT2D eigenvalue weighted by Crippen LogP contribution is 2.05. The molecule has 23 heavy (non-hydrogen) atoms. The lowest BCUT2D eigenvalue weighted by Crippen LogP contribution is -2.21. The van der Waals surface area contributed by atoms with E-state index in [1.54, 1.807) is 0 Å². The molecule has 0 saturated heterocycles. The molecule has 0 radical (unpaired) electrons. The molecule has 0 amide bonds. The van der Waals surface area contributed by atoms with Crippen LogP contribution in [0.15, 0.2) is 84.1 Å². The van der Waals surface area contributed by atoms with E-state index in [1.807, 2.05) is 38.4 Å². The normalized spacial score (nSPS) is 14.4. The highest BCUT2D eigenvalue weighted by atomic mass is 15.1. The molecular weight excluding hydrogens is 278 g/mol. The Bertz CT molecular complexity index is 755. The quantitative estimate of drug-likeness (QED) is 0.719. The van der Waals surface area contributed by atoms with Gasteiger partial charge in [-0.05, 0) is 35.9 Å². The largest absolute Gasteiger partial charge is 0.381 e. The molecule has 0 aliphatic heterocycles. The van der Waals surface area contributed by atoms with Gasteiger partial charge in [-0.1, -0.05) is 79.5 Å². The van der Waals surface area contributed by atoms with Crippen LogP contribution >= 0.6 is 0 Å². The number of allylic oxidation sites excluding steroid dienone is 9. The minimum absolute atomic E-state index is 1.04. The summed E-state index contributed by atoms with van der Waals surface area (Å²) in [5, 5.41) is 2.18. The second-order valence-corrected chi connectivity index (χ2v) is 5.68. The Morgan fingerprint density at radius 1 is 1.00 bits per heavy atom. The van der Waals surface area contributed by atoms with E-state index in [0.29, 0.717) is 0 Å². The van der Waals surface area contributed by atoms with Gasteiger partial charge < -0.3 is 4.90 Å².